The fourth-order valence-electron chi connectivity index (χ4n) is 1.95. The van der Waals surface area contributed by atoms with E-state index in [0.717, 1.165) is 32.1 Å². The number of carbonyl (C=O) groups excluding carboxylic acids is 1. The minimum Gasteiger partial charge on any atom is -0.396 e. The number of aliphatic hydroxyl groups excluding tert-OH is 1. The van der Waals surface area contributed by atoms with Crippen LogP contribution in [0.4, 0.5) is 0 Å². The summed E-state index contributed by atoms with van der Waals surface area (Å²) in [5.74, 6) is 0.276. The summed E-state index contributed by atoms with van der Waals surface area (Å²) in [7, 11) is 0. The minimum atomic E-state index is -0.258. The van der Waals surface area contributed by atoms with Crippen molar-refractivity contribution in [3.05, 3.63) is 0 Å². The smallest absolute Gasteiger partial charge is 0.223 e. The van der Waals surface area contributed by atoms with Crippen LogP contribution in [0, 0.1) is 5.92 Å². The highest BCUT2D eigenvalue weighted by molar-refractivity contribution is 5.79. The maximum Gasteiger partial charge on any atom is 0.223 e. The van der Waals surface area contributed by atoms with Crippen LogP contribution in [0.3, 0.4) is 0 Å². The number of rotatable bonds is 9. The van der Waals surface area contributed by atoms with Crippen LogP contribution in [-0.2, 0) is 4.79 Å². The van der Waals surface area contributed by atoms with Crippen molar-refractivity contribution in [2.45, 2.75) is 71.8 Å². The molecule has 17 heavy (non-hydrogen) atoms. The van der Waals surface area contributed by atoms with Gasteiger partial charge in [0.15, 0.2) is 0 Å². The molecule has 0 radical (unpaired) electrons. The number of hydrogen-bond acceptors (Lipinski definition) is 2. The molecule has 0 aliphatic heterocycles. The molecule has 2 N–H and O–H groups in total. The van der Waals surface area contributed by atoms with Gasteiger partial charge in [0, 0.05) is 18.1 Å². The molecule has 0 aliphatic rings. The van der Waals surface area contributed by atoms with Gasteiger partial charge >= 0.3 is 0 Å². The van der Waals surface area contributed by atoms with Gasteiger partial charge in [0.1, 0.15) is 0 Å². The van der Waals surface area contributed by atoms with E-state index in [1.165, 1.54) is 0 Å². The summed E-state index contributed by atoms with van der Waals surface area (Å²) in [6.45, 7) is 8.38. The van der Waals surface area contributed by atoms with E-state index < -0.39 is 0 Å². The number of amides is 1. The zero-order valence-electron chi connectivity index (χ0n) is 11.9. The second-order valence-corrected chi connectivity index (χ2v) is 5.12. The summed E-state index contributed by atoms with van der Waals surface area (Å²) in [5, 5.41) is 12.1. The maximum absolute atomic E-state index is 12.1. The van der Waals surface area contributed by atoms with Gasteiger partial charge in [0.05, 0.1) is 0 Å². The van der Waals surface area contributed by atoms with Crippen LogP contribution < -0.4 is 5.32 Å². The van der Waals surface area contributed by atoms with E-state index in [2.05, 4.69) is 19.2 Å². The zero-order chi connectivity index (χ0) is 13.3. The van der Waals surface area contributed by atoms with Gasteiger partial charge in [-0.3, -0.25) is 4.79 Å². The summed E-state index contributed by atoms with van der Waals surface area (Å²) in [4.78, 5) is 12.1. The standard InChI is InChI=1S/C14H29NO2/c1-5-8-9-12(6-2)13(17)15-14(4,7-3)10-11-16/h12,16H,5-11H2,1-4H3,(H,15,17). The minimum absolute atomic E-state index is 0.121. The molecule has 0 saturated carbocycles. The molecular weight excluding hydrogens is 214 g/mol. The molecule has 0 aromatic rings. The first-order chi connectivity index (χ1) is 8.02. The highest BCUT2D eigenvalue weighted by atomic mass is 16.3. The van der Waals surface area contributed by atoms with Crippen molar-refractivity contribution in [2.24, 2.45) is 5.92 Å². The van der Waals surface area contributed by atoms with Crippen molar-refractivity contribution in [3.63, 3.8) is 0 Å². The van der Waals surface area contributed by atoms with Crippen molar-refractivity contribution in [3.8, 4) is 0 Å². The fourth-order valence-corrected chi connectivity index (χ4v) is 1.95. The molecule has 2 atom stereocenters. The largest absolute Gasteiger partial charge is 0.396 e. The molecule has 0 aliphatic carbocycles. The average Bonchev–Trinajstić information content (AvgIpc) is 2.30. The fraction of sp³-hybridized carbons (Fsp3) is 0.929. The Labute approximate surface area is 106 Å². The monoisotopic (exact) mass is 243 g/mol. The molecule has 2 unspecified atom stereocenters. The first-order valence-corrected chi connectivity index (χ1v) is 6.95. The van der Waals surface area contributed by atoms with Crippen LogP contribution in [0.1, 0.15) is 66.2 Å². The zero-order valence-corrected chi connectivity index (χ0v) is 11.9. The predicted octanol–water partition coefficient (Wildman–Crippen LogP) is 2.87. The van der Waals surface area contributed by atoms with Gasteiger partial charge in [0.25, 0.3) is 0 Å². The first kappa shape index (κ1) is 16.4. The van der Waals surface area contributed by atoms with Gasteiger partial charge in [-0.1, -0.05) is 33.6 Å². The molecule has 3 nitrogen and oxygen atoms in total. The quantitative estimate of drug-likeness (QED) is 0.654. The molecule has 0 heterocycles. The van der Waals surface area contributed by atoms with Gasteiger partial charge in [-0.05, 0) is 32.6 Å². The van der Waals surface area contributed by atoms with E-state index in [1.54, 1.807) is 0 Å². The Balaban J connectivity index is 4.36. The van der Waals surface area contributed by atoms with Crippen LogP contribution in [0.25, 0.3) is 0 Å². The summed E-state index contributed by atoms with van der Waals surface area (Å²) in [6.07, 6.45) is 5.58. The number of unbranched alkanes of at least 4 members (excludes halogenated alkanes) is 1. The van der Waals surface area contributed by atoms with Gasteiger partial charge in [-0.25, -0.2) is 0 Å². The van der Waals surface area contributed by atoms with E-state index in [0.29, 0.717) is 6.42 Å². The highest BCUT2D eigenvalue weighted by Crippen LogP contribution is 2.18. The second kappa shape index (κ2) is 8.51. The Morgan fingerprint density at radius 1 is 1.35 bits per heavy atom. The second-order valence-electron chi connectivity index (χ2n) is 5.12. The number of hydrogen-bond donors (Lipinski definition) is 2. The Bertz CT molecular complexity index is 218. The van der Waals surface area contributed by atoms with Crippen molar-refractivity contribution < 1.29 is 9.90 Å². The van der Waals surface area contributed by atoms with E-state index in [9.17, 15) is 4.79 Å². The summed E-state index contributed by atoms with van der Waals surface area (Å²) in [5.41, 5.74) is -0.258. The molecule has 0 rings (SSSR count). The Morgan fingerprint density at radius 3 is 2.41 bits per heavy atom. The maximum atomic E-state index is 12.1. The molecular formula is C14H29NO2. The van der Waals surface area contributed by atoms with Crippen LogP contribution in [0.15, 0.2) is 0 Å². The van der Waals surface area contributed by atoms with Crippen molar-refractivity contribution in [2.75, 3.05) is 6.61 Å². The molecule has 0 aromatic carbocycles. The predicted molar refractivity (Wildman–Crippen MR) is 71.8 cm³/mol. The van der Waals surface area contributed by atoms with E-state index in [4.69, 9.17) is 5.11 Å². The van der Waals surface area contributed by atoms with Gasteiger partial charge < -0.3 is 10.4 Å². The van der Waals surface area contributed by atoms with Gasteiger partial charge in [0.2, 0.25) is 5.91 Å². The van der Waals surface area contributed by atoms with E-state index in [1.807, 2.05) is 13.8 Å². The van der Waals surface area contributed by atoms with Crippen LogP contribution in [0.2, 0.25) is 0 Å². The summed E-state index contributed by atoms with van der Waals surface area (Å²) in [6, 6.07) is 0. The SMILES string of the molecule is CCCCC(CC)C(=O)NC(C)(CC)CCO. The normalized spacial score (nSPS) is 16.3. The van der Waals surface area contributed by atoms with Crippen LogP contribution in [0.5, 0.6) is 0 Å². The highest BCUT2D eigenvalue weighted by Gasteiger charge is 2.26. The van der Waals surface area contributed by atoms with Crippen LogP contribution in [-0.4, -0.2) is 23.2 Å². The van der Waals surface area contributed by atoms with Crippen molar-refractivity contribution in [1.29, 1.82) is 0 Å². The Morgan fingerprint density at radius 2 is 2.00 bits per heavy atom. The molecule has 102 valence electrons. The molecule has 0 aromatic heterocycles. The van der Waals surface area contributed by atoms with Crippen LogP contribution >= 0.6 is 0 Å². The average molecular weight is 243 g/mol. The number of aliphatic hydroxyl groups is 1. The number of carbonyl (C=O) groups is 1. The summed E-state index contributed by atoms with van der Waals surface area (Å²) < 4.78 is 0. The molecule has 0 saturated heterocycles. The van der Waals surface area contributed by atoms with E-state index >= 15 is 0 Å². The first-order valence-electron chi connectivity index (χ1n) is 6.95. The molecule has 3 heteroatoms. The lowest BCUT2D eigenvalue weighted by Crippen LogP contribution is -2.48. The molecule has 0 fully saturated rings. The van der Waals surface area contributed by atoms with E-state index in [-0.39, 0.29) is 24.0 Å². The van der Waals surface area contributed by atoms with Crippen molar-refractivity contribution >= 4 is 5.91 Å². The topological polar surface area (TPSA) is 49.3 Å². The molecule has 0 spiro atoms. The lowest BCUT2D eigenvalue weighted by Gasteiger charge is -2.31. The number of nitrogens with one attached hydrogen (secondary N) is 1. The van der Waals surface area contributed by atoms with Gasteiger partial charge in [-0.2, -0.15) is 0 Å². The Kier molecular flexibility index (Phi) is 8.23. The van der Waals surface area contributed by atoms with Crippen molar-refractivity contribution in [1.82, 2.24) is 5.32 Å². The lowest BCUT2D eigenvalue weighted by atomic mass is 9.92. The lowest BCUT2D eigenvalue weighted by molar-refractivity contribution is -0.127. The van der Waals surface area contributed by atoms with Gasteiger partial charge in [-0.15, -0.1) is 0 Å². The summed E-state index contributed by atoms with van der Waals surface area (Å²) >= 11 is 0. The third-order valence-electron chi connectivity index (χ3n) is 3.64. The third kappa shape index (κ3) is 6.06. The molecule has 1 amide bonds. The molecule has 0 bridgehead atoms. The third-order valence-corrected chi connectivity index (χ3v) is 3.64. The Hall–Kier alpha value is -0.570.